The fraction of sp³-hybridized carbons (Fsp3) is 0.345. The van der Waals surface area contributed by atoms with Gasteiger partial charge >= 0.3 is 0 Å². The molecule has 2 heterocycles. The lowest BCUT2D eigenvalue weighted by atomic mass is 9.83. The summed E-state index contributed by atoms with van der Waals surface area (Å²) in [6.07, 6.45) is 1.20. The number of amides is 1. The zero-order chi connectivity index (χ0) is 25.9. The van der Waals surface area contributed by atoms with Crippen LogP contribution in [0.1, 0.15) is 16.7 Å². The quantitative estimate of drug-likeness (QED) is 0.388. The number of aryl methyl sites for hydroxylation is 1. The molecule has 3 aromatic carbocycles. The second-order valence-electron chi connectivity index (χ2n) is 9.81. The minimum Gasteiger partial charge on any atom is -0.497 e. The van der Waals surface area contributed by atoms with E-state index < -0.39 is 0 Å². The normalized spacial score (nSPS) is 18.5. The van der Waals surface area contributed by atoms with Crippen molar-refractivity contribution in [2.24, 2.45) is 5.92 Å². The Morgan fingerprint density at radius 1 is 1.08 bits per heavy atom. The van der Waals surface area contributed by atoms with E-state index in [1.165, 1.54) is 5.56 Å². The summed E-state index contributed by atoms with van der Waals surface area (Å²) in [5, 5.41) is 14.6. The monoisotopic (exact) mass is 500 g/mol. The van der Waals surface area contributed by atoms with Crippen LogP contribution >= 0.6 is 0 Å². The Kier molecular flexibility index (Phi) is 6.99. The molecule has 37 heavy (non-hydrogen) atoms. The Morgan fingerprint density at radius 2 is 1.84 bits per heavy atom. The van der Waals surface area contributed by atoms with E-state index in [0.29, 0.717) is 19.4 Å². The second-order valence-corrected chi connectivity index (χ2v) is 9.81. The number of carbonyl (C=O) groups is 1. The van der Waals surface area contributed by atoms with Crippen LogP contribution in [0.3, 0.4) is 0 Å². The molecule has 2 aliphatic rings. The van der Waals surface area contributed by atoms with Gasteiger partial charge in [-0.25, -0.2) is 0 Å². The Balaban J connectivity index is 1.35. The molecule has 0 radical (unpaired) electrons. The highest BCUT2D eigenvalue weighted by atomic mass is 16.6. The van der Waals surface area contributed by atoms with Gasteiger partial charge in [-0.15, -0.1) is 0 Å². The summed E-state index contributed by atoms with van der Waals surface area (Å²) in [5.74, 6) is 0.489. The number of carbonyl (C=O) groups excluding carboxylic acids is 1. The molecular formula is C29H32N4O4. The van der Waals surface area contributed by atoms with Gasteiger partial charge in [0.1, 0.15) is 5.75 Å². The third-order valence-electron chi connectivity index (χ3n) is 7.51. The molecule has 5 rings (SSSR count). The maximum absolute atomic E-state index is 13.5. The minimum absolute atomic E-state index is 0.00794. The Labute approximate surface area is 217 Å². The minimum atomic E-state index is -0.369. The van der Waals surface area contributed by atoms with E-state index in [2.05, 4.69) is 46.3 Å². The van der Waals surface area contributed by atoms with Crippen molar-refractivity contribution in [3.63, 3.8) is 0 Å². The Bertz CT molecular complexity index is 1280. The predicted molar refractivity (Wildman–Crippen MR) is 145 cm³/mol. The molecule has 192 valence electrons. The van der Waals surface area contributed by atoms with Crippen molar-refractivity contribution in [2.45, 2.75) is 25.8 Å². The van der Waals surface area contributed by atoms with Gasteiger partial charge in [0.05, 0.1) is 24.0 Å². The van der Waals surface area contributed by atoms with Gasteiger partial charge in [-0.1, -0.05) is 29.8 Å². The fourth-order valence-electron chi connectivity index (χ4n) is 5.47. The number of benzene rings is 3. The molecule has 1 fully saturated rings. The van der Waals surface area contributed by atoms with E-state index in [1.54, 1.807) is 19.2 Å². The number of ether oxygens (including phenoxy) is 1. The standard InChI is InChI=1S/C29H32N4O4/c1-20-3-7-23(8-4-20)31-15-16-32-27-12-9-24(33(35)36)17-22(27)18-26(28(32)19-31)29(34)30-14-13-21-5-10-25(37-2)11-6-21/h3-12,17,26,28H,13-16,18-19H2,1-2H3,(H,30,34)/t26-,28-/m1/s1. The van der Waals surface area contributed by atoms with Gasteiger partial charge in [0.15, 0.2) is 0 Å². The number of anilines is 2. The van der Waals surface area contributed by atoms with Gasteiger partial charge in [-0.05, 0) is 61.2 Å². The predicted octanol–water partition coefficient (Wildman–Crippen LogP) is 4.14. The van der Waals surface area contributed by atoms with Crippen LogP contribution in [0.15, 0.2) is 66.7 Å². The number of nitrogens with zero attached hydrogens (tertiary/aromatic N) is 3. The van der Waals surface area contributed by atoms with E-state index >= 15 is 0 Å². The number of hydrogen-bond donors (Lipinski definition) is 1. The molecule has 0 saturated carbocycles. The molecule has 3 aromatic rings. The number of hydrogen-bond acceptors (Lipinski definition) is 6. The first-order valence-corrected chi connectivity index (χ1v) is 12.7. The molecule has 0 aliphatic carbocycles. The van der Waals surface area contributed by atoms with Crippen LogP contribution in [-0.4, -0.2) is 50.2 Å². The molecule has 0 bridgehead atoms. The van der Waals surface area contributed by atoms with Gasteiger partial charge in [-0.3, -0.25) is 14.9 Å². The molecule has 8 nitrogen and oxygen atoms in total. The summed E-state index contributed by atoms with van der Waals surface area (Å²) in [6.45, 7) is 4.89. The summed E-state index contributed by atoms with van der Waals surface area (Å²) < 4.78 is 5.22. The number of piperazine rings is 1. The third-order valence-corrected chi connectivity index (χ3v) is 7.51. The van der Waals surface area contributed by atoms with Crippen molar-refractivity contribution in [3.8, 4) is 5.75 Å². The highest BCUT2D eigenvalue weighted by Gasteiger charge is 2.42. The van der Waals surface area contributed by atoms with Gasteiger partial charge in [0.25, 0.3) is 5.69 Å². The topological polar surface area (TPSA) is 87.9 Å². The first-order valence-electron chi connectivity index (χ1n) is 12.7. The lowest BCUT2D eigenvalue weighted by Gasteiger charge is -2.49. The van der Waals surface area contributed by atoms with E-state index in [9.17, 15) is 14.9 Å². The van der Waals surface area contributed by atoms with Crippen molar-refractivity contribution in [2.75, 3.05) is 43.1 Å². The summed E-state index contributed by atoms with van der Waals surface area (Å²) in [4.78, 5) is 29.2. The molecule has 8 heteroatoms. The summed E-state index contributed by atoms with van der Waals surface area (Å²) in [5.41, 5.74) is 5.42. The SMILES string of the molecule is COc1ccc(CCNC(=O)[C@@H]2Cc3cc([N+](=O)[O-])ccc3N3CCN(c4ccc(C)cc4)C[C@H]23)cc1. The highest BCUT2D eigenvalue weighted by Crippen LogP contribution is 2.38. The van der Waals surface area contributed by atoms with Crippen molar-refractivity contribution in [3.05, 3.63) is 93.5 Å². The van der Waals surface area contributed by atoms with E-state index in [-0.39, 0.29) is 28.5 Å². The van der Waals surface area contributed by atoms with Crippen LogP contribution in [0.4, 0.5) is 17.1 Å². The van der Waals surface area contributed by atoms with Crippen LogP contribution in [0.25, 0.3) is 0 Å². The largest absolute Gasteiger partial charge is 0.497 e. The number of nitro benzene ring substituents is 1. The first kappa shape index (κ1) is 24.6. The lowest BCUT2D eigenvalue weighted by molar-refractivity contribution is -0.384. The number of nitro groups is 1. The van der Waals surface area contributed by atoms with Crippen LogP contribution in [0, 0.1) is 23.0 Å². The van der Waals surface area contributed by atoms with Gasteiger partial charge in [-0.2, -0.15) is 0 Å². The number of non-ortho nitro benzene ring substituents is 1. The van der Waals surface area contributed by atoms with Crippen LogP contribution in [0.5, 0.6) is 5.75 Å². The first-order chi connectivity index (χ1) is 17.9. The third kappa shape index (κ3) is 5.23. The lowest BCUT2D eigenvalue weighted by Crippen LogP contribution is -2.61. The number of methoxy groups -OCH3 is 1. The molecule has 2 atom stereocenters. The molecular weight excluding hydrogens is 468 g/mol. The summed E-state index contributed by atoms with van der Waals surface area (Å²) >= 11 is 0. The van der Waals surface area contributed by atoms with Crippen molar-refractivity contribution in [1.29, 1.82) is 0 Å². The average Bonchev–Trinajstić information content (AvgIpc) is 2.92. The maximum atomic E-state index is 13.5. The summed E-state index contributed by atoms with van der Waals surface area (Å²) in [7, 11) is 1.64. The molecule has 2 aliphatic heterocycles. The zero-order valence-electron chi connectivity index (χ0n) is 21.2. The van der Waals surface area contributed by atoms with E-state index in [0.717, 1.165) is 47.9 Å². The van der Waals surface area contributed by atoms with Gasteiger partial charge in [0, 0.05) is 49.7 Å². The van der Waals surface area contributed by atoms with Crippen LogP contribution in [0.2, 0.25) is 0 Å². The fourth-order valence-corrected chi connectivity index (χ4v) is 5.47. The van der Waals surface area contributed by atoms with Crippen molar-refractivity contribution < 1.29 is 14.5 Å². The Morgan fingerprint density at radius 3 is 2.54 bits per heavy atom. The molecule has 0 spiro atoms. The number of rotatable bonds is 7. The van der Waals surface area contributed by atoms with Crippen LogP contribution in [-0.2, 0) is 17.6 Å². The molecule has 0 unspecified atom stereocenters. The number of nitrogens with one attached hydrogen (secondary N) is 1. The van der Waals surface area contributed by atoms with E-state index in [4.69, 9.17) is 4.74 Å². The summed E-state index contributed by atoms with van der Waals surface area (Å²) in [6, 6.07) is 21.4. The van der Waals surface area contributed by atoms with Gasteiger partial charge < -0.3 is 19.9 Å². The average molecular weight is 501 g/mol. The van der Waals surface area contributed by atoms with E-state index in [1.807, 2.05) is 30.3 Å². The number of fused-ring (bicyclic) bond motifs is 3. The highest BCUT2D eigenvalue weighted by molar-refractivity contribution is 5.82. The second kappa shape index (κ2) is 10.5. The Hall–Kier alpha value is -4.07. The molecule has 1 N–H and O–H groups in total. The van der Waals surface area contributed by atoms with Crippen molar-refractivity contribution in [1.82, 2.24) is 5.32 Å². The molecule has 1 amide bonds. The van der Waals surface area contributed by atoms with Gasteiger partial charge in [0.2, 0.25) is 5.91 Å². The zero-order valence-corrected chi connectivity index (χ0v) is 21.2. The smallest absolute Gasteiger partial charge is 0.269 e. The molecule has 0 aromatic heterocycles. The molecule has 1 saturated heterocycles. The van der Waals surface area contributed by atoms with Crippen LogP contribution < -0.4 is 19.9 Å². The van der Waals surface area contributed by atoms with Crippen molar-refractivity contribution >= 4 is 23.0 Å². The maximum Gasteiger partial charge on any atom is 0.269 e.